The Morgan fingerprint density at radius 2 is 0.965 bits per heavy atom. The molecule has 11 rings (SSSR count). The molecule has 0 fully saturated rings. The first kappa shape index (κ1) is 33.2. The highest BCUT2D eigenvalue weighted by Crippen LogP contribution is 2.53. The van der Waals surface area contributed by atoms with Crippen molar-refractivity contribution >= 4 is 49.6 Å². The third-order valence-electron chi connectivity index (χ3n) is 12.1. The molecule has 270 valence electrons. The van der Waals surface area contributed by atoms with E-state index < -0.39 is 0 Å². The quantitative estimate of drug-likeness (QED) is 0.165. The first-order valence-electron chi connectivity index (χ1n) is 19.8. The van der Waals surface area contributed by atoms with E-state index >= 15 is 0 Å². The number of hydrogen-bond acceptors (Lipinski definition) is 1. The van der Waals surface area contributed by atoms with Gasteiger partial charge in [-0.05, 0) is 110 Å². The predicted molar refractivity (Wildman–Crippen MR) is 241 cm³/mol. The topological polar surface area (TPSA) is 8.17 Å². The van der Waals surface area contributed by atoms with Crippen LogP contribution in [0.1, 0.15) is 25.0 Å². The van der Waals surface area contributed by atoms with Crippen LogP contribution in [0.3, 0.4) is 0 Å². The molecule has 1 aromatic heterocycles. The molecule has 0 aliphatic heterocycles. The van der Waals surface area contributed by atoms with Crippen molar-refractivity contribution in [3.05, 3.63) is 217 Å². The molecular weight excluding hydrogens is 689 g/mol. The molecule has 2 heteroatoms. The van der Waals surface area contributed by atoms with E-state index in [-0.39, 0.29) is 5.41 Å². The summed E-state index contributed by atoms with van der Waals surface area (Å²) in [6.45, 7) is 4.79. The lowest BCUT2D eigenvalue weighted by Crippen LogP contribution is -2.15. The maximum Gasteiger partial charge on any atom is 0.0562 e. The average Bonchev–Trinajstić information content (AvgIpc) is 3.72. The van der Waals surface area contributed by atoms with Gasteiger partial charge in [0.25, 0.3) is 0 Å². The Labute approximate surface area is 333 Å². The first-order chi connectivity index (χ1) is 28.0. The number of aromatic nitrogens is 1. The summed E-state index contributed by atoms with van der Waals surface area (Å²) >= 11 is 0. The SMILES string of the molecule is CC1(C)c2ccccc2-c2ccc3c(c21)c1ccc(N(c2ccc(-c4ccccc4)cc2)c2ccc(-c4ccccc4)cc2)cc1n3-c1ccc2ccccc2c1. The third kappa shape index (κ3) is 5.33. The van der Waals surface area contributed by atoms with Crippen molar-refractivity contribution in [3.8, 4) is 39.1 Å². The van der Waals surface area contributed by atoms with Crippen LogP contribution in [0.5, 0.6) is 0 Å². The van der Waals surface area contributed by atoms with Gasteiger partial charge in [0.2, 0.25) is 0 Å². The van der Waals surface area contributed by atoms with Gasteiger partial charge in [-0.15, -0.1) is 0 Å². The van der Waals surface area contributed by atoms with Crippen LogP contribution in [0.2, 0.25) is 0 Å². The fraction of sp³-hybridized carbons (Fsp3) is 0.0545. The van der Waals surface area contributed by atoms with Crippen LogP contribution in [0, 0.1) is 0 Å². The molecule has 0 saturated heterocycles. The van der Waals surface area contributed by atoms with Gasteiger partial charge in [0, 0.05) is 38.9 Å². The number of nitrogens with zero attached hydrogens (tertiary/aromatic N) is 2. The van der Waals surface area contributed by atoms with E-state index in [0.717, 1.165) is 22.7 Å². The van der Waals surface area contributed by atoms with E-state index in [4.69, 9.17) is 0 Å². The molecule has 0 bridgehead atoms. The van der Waals surface area contributed by atoms with Crippen LogP contribution >= 0.6 is 0 Å². The highest BCUT2D eigenvalue weighted by Gasteiger charge is 2.38. The van der Waals surface area contributed by atoms with Gasteiger partial charge in [-0.3, -0.25) is 0 Å². The van der Waals surface area contributed by atoms with Crippen LogP contribution in [0.15, 0.2) is 206 Å². The monoisotopic (exact) mass is 728 g/mol. The lowest BCUT2D eigenvalue weighted by atomic mass is 9.80. The highest BCUT2D eigenvalue weighted by atomic mass is 15.1. The Bertz CT molecular complexity index is 3030. The maximum absolute atomic E-state index is 2.50. The molecule has 0 radical (unpaired) electrons. The molecule has 0 saturated carbocycles. The molecule has 0 atom stereocenters. The van der Waals surface area contributed by atoms with Crippen molar-refractivity contribution in [1.82, 2.24) is 4.57 Å². The van der Waals surface area contributed by atoms with Gasteiger partial charge in [-0.2, -0.15) is 0 Å². The summed E-state index contributed by atoms with van der Waals surface area (Å²) in [5, 5.41) is 5.06. The van der Waals surface area contributed by atoms with Gasteiger partial charge in [0.15, 0.2) is 0 Å². The van der Waals surface area contributed by atoms with Crippen molar-refractivity contribution < 1.29 is 0 Å². The molecular formula is C55H40N2. The smallest absolute Gasteiger partial charge is 0.0562 e. The maximum atomic E-state index is 2.50. The van der Waals surface area contributed by atoms with E-state index in [2.05, 4.69) is 230 Å². The van der Waals surface area contributed by atoms with Gasteiger partial charge in [0.05, 0.1) is 11.0 Å². The molecule has 1 aliphatic carbocycles. The van der Waals surface area contributed by atoms with Gasteiger partial charge in [-0.25, -0.2) is 0 Å². The lowest BCUT2D eigenvalue weighted by molar-refractivity contribution is 0.666. The summed E-state index contributed by atoms with van der Waals surface area (Å²) in [4.78, 5) is 2.40. The number of anilines is 3. The van der Waals surface area contributed by atoms with Gasteiger partial charge >= 0.3 is 0 Å². The fourth-order valence-corrected chi connectivity index (χ4v) is 9.42. The molecule has 1 aliphatic rings. The summed E-state index contributed by atoms with van der Waals surface area (Å²) in [6.07, 6.45) is 0. The summed E-state index contributed by atoms with van der Waals surface area (Å²) in [7, 11) is 0. The van der Waals surface area contributed by atoms with Crippen LogP contribution in [0.4, 0.5) is 17.1 Å². The van der Waals surface area contributed by atoms with Crippen molar-refractivity contribution in [3.63, 3.8) is 0 Å². The van der Waals surface area contributed by atoms with Crippen molar-refractivity contribution in [1.29, 1.82) is 0 Å². The Morgan fingerprint density at radius 1 is 0.404 bits per heavy atom. The number of hydrogen-bond donors (Lipinski definition) is 0. The molecule has 9 aromatic carbocycles. The Kier molecular flexibility index (Phi) is 7.55. The summed E-state index contributed by atoms with van der Waals surface area (Å²) in [6, 6.07) is 75.5. The Morgan fingerprint density at radius 3 is 1.63 bits per heavy atom. The molecule has 0 N–H and O–H groups in total. The molecule has 2 nitrogen and oxygen atoms in total. The van der Waals surface area contributed by atoms with E-state index in [0.29, 0.717) is 0 Å². The minimum atomic E-state index is -0.153. The fourth-order valence-electron chi connectivity index (χ4n) is 9.42. The molecule has 57 heavy (non-hydrogen) atoms. The number of benzene rings is 9. The summed E-state index contributed by atoms with van der Waals surface area (Å²) in [5.41, 5.74) is 17.0. The zero-order valence-corrected chi connectivity index (χ0v) is 32.0. The minimum absolute atomic E-state index is 0.153. The zero-order valence-electron chi connectivity index (χ0n) is 32.0. The lowest BCUT2D eigenvalue weighted by Gasteiger charge is -2.26. The van der Waals surface area contributed by atoms with E-state index in [1.54, 1.807) is 0 Å². The van der Waals surface area contributed by atoms with Gasteiger partial charge in [0.1, 0.15) is 0 Å². The van der Waals surface area contributed by atoms with E-state index in [1.165, 1.54) is 77.1 Å². The standard InChI is InChI=1S/C55H40N2/c1-55(2)50-20-12-11-19-47(50)48-33-34-51-53(54(48)55)49-32-31-46(36-52(49)57(51)45-30-25-39-17-9-10-18-42(39)35-45)56(43-26-21-40(22-27-43)37-13-5-3-6-14-37)44-28-23-41(24-29-44)38-15-7-4-8-16-38/h3-36H,1-2H3. The van der Waals surface area contributed by atoms with Crippen LogP contribution in [-0.2, 0) is 5.41 Å². The van der Waals surface area contributed by atoms with Crippen LogP contribution in [-0.4, -0.2) is 4.57 Å². The summed E-state index contributed by atoms with van der Waals surface area (Å²) < 4.78 is 2.50. The molecule has 0 unspecified atom stereocenters. The zero-order chi connectivity index (χ0) is 38.1. The Balaban J connectivity index is 1.15. The third-order valence-corrected chi connectivity index (χ3v) is 12.1. The number of fused-ring (bicyclic) bond motifs is 8. The van der Waals surface area contributed by atoms with E-state index in [9.17, 15) is 0 Å². The molecule has 0 amide bonds. The summed E-state index contributed by atoms with van der Waals surface area (Å²) in [5.74, 6) is 0. The van der Waals surface area contributed by atoms with Gasteiger partial charge < -0.3 is 9.47 Å². The molecule has 0 spiro atoms. The second-order valence-corrected chi connectivity index (χ2v) is 15.8. The number of rotatable bonds is 6. The predicted octanol–water partition coefficient (Wildman–Crippen LogP) is 15.0. The van der Waals surface area contributed by atoms with Crippen LogP contribution in [0.25, 0.3) is 71.6 Å². The highest BCUT2D eigenvalue weighted by molar-refractivity contribution is 6.15. The Hall–Kier alpha value is -7.16. The second-order valence-electron chi connectivity index (χ2n) is 15.8. The first-order valence-corrected chi connectivity index (χ1v) is 19.8. The normalized spacial score (nSPS) is 12.9. The van der Waals surface area contributed by atoms with Crippen LogP contribution < -0.4 is 4.90 Å². The molecule has 1 heterocycles. The van der Waals surface area contributed by atoms with Crippen molar-refractivity contribution in [2.75, 3.05) is 4.90 Å². The van der Waals surface area contributed by atoms with Gasteiger partial charge in [-0.1, -0.05) is 166 Å². The van der Waals surface area contributed by atoms with Crippen molar-refractivity contribution in [2.45, 2.75) is 19.3 Å². The van der Waals surface area contributed by atoms with E-state index in [1.807, 2.05) is 0 Å². The largest absolute Gasteiger partial charge is 0.310 e. The average molecular weight is 729 g/mol. The minimum Gasteiger partial charge on any atom is -0.310 e. The van der Waals surface area contributed by atoms with Crippen molar-refractivity contribution in [2.24, 2.45) is 0 Å². The second kappa shape index (κ2) is 13.0. The molecule has 10 aromatic rings.